The molecule has 1 aromatic heterocycles. The molecule has 1 N–H and O–H groups in total. The topological polar surface area (TPSA) is 12.0 Å². The predicted octanol–water partition coefficient (Wildman–Crippen LogP) is 5.15. The molecule has 0 spiro atoms. The van der Waals surface area contributed by atoms with E-state index in [0.29, 0.717) is 11.5 Å². The molecule has 2 fully saturated rings. The highest BCUT2D eigenvalue weighted by molar-refractivity contribution is 7.10. The van der Waals surface area contributed by atoms with E-state index < -0.39 is 0 Å². The molecule has 0 aromatic carbocycles. The molecule has 106 valence electrons. The quantitative estimate of drug-likeness (QED) is 0.758. The Hall–Kier alpha value is -0.340. The Labute approximate surface area is 121 Å². The molecule has 2 saturated carbocycles. The number of hydrogen-bond donors (Lipinski definition) is 1. The van der Waals surface area contributed by atoms with E-state index in [0.717, 1.165) is 5.92 Å². The summed E-state index contributed by atoms with van der Waals surface area (Å²) in [5.74, 6) is 0.882. The zero-order valence-corrected chi connectivity index (χ0v) is 13.0. The molecule has 19 heavy (non-hydrogen) atoms. The van der Waals surface area contributed by atoms with Crippen molar-refractivity contribution in [1.82, 2.24) is 5.32 Å². The molecule has 1 unspecified atom stereocenters. The van der Waals surface area contributed by atoms with Crippen LogP contribution in [0.5, 0.6) is 0 Å². The normalized spacial score (nSPS) is 24.3. The Morgan fingerprint density at radius 3 is 2.63 bits per heavy atom. The maximum atomic E-state index is 3.97. The van der Waals surface area contributed by atoms with Gasteiger partial charge in [-0.2, -0.15) is 0 Å². The van der Waals surface area contributed by atoms with Crippen LogP contribution in [0, 0.1) is 11.3 Å². The van der Waals surface area contributed by atoms with Gasteiger partial charge in [0.05, 0.1) is 0 Å². The van der Waals surface area contributed by atoms with E-state index >= 15 is 0 Å². The maximum Gasteiger partial charge on any atom is 0.0443 e. The van der Waals surface area contributed by atoms with Gasteiger partial charge in [-0.1, -0.05) is 32.3 Å². The highest BCUT2D eigenvalue weighted by Crippen LogP contribution is 2.44. The van der Waals surface area contributed by atoms with Crippen LogP contribution in [-0.4, -0.2) is 6.54 Å². The predicted molar refractivity (Wildman–Crippen MR) is 83.6 cm³/mol. The molecule has 0 saturated heterocycles. The van der Waals surface area contributed by atoms with E-state index in [1.54, 1.807) is 4.88 Å². The van der Waals surface area contributed by atoms with Crippen LogP contribution in [-0.2, 0) is 0 Å². The molecule has 2 aliphatic carbocycles. The van der Waals surface area contributed by atoms with Crippen molar-refractivity contribution in [3.05, 3.63) is 22.4 Å². The van der Waals surface area contributed by atoms with Crippen LogP contribution < -0.4 is 5.32 Å². The number of rotatable bonds is 6. The van der Waals surface area contributed by atoms with Crippen LogP contribution >= 0.6 is 11.3 Å². The first kappa shape index (κ1) is 13.6. The van der Waals surface area contributed by atoms with E-state index in [2.05, 4.69) is 29.8 Å². The monoisotopic (exact) mass is 277 g/mol. The third-order valence-corrected chi connectivity index (χ3v) is 6.54. The molecule has 0 bridgehead atoms. The third kappa shape index (κ3) is 2.90. The second kappa shape index (κ2) is 5.97. The Bertz CT molecular complexity index is 368. The Morgan fingerprint density at radius 1 is 1.32 bits per heavy atom. The highest BCUT2D eigenvalue weighted by atomic mass is 32.1. The van der Waals surface area contributed by atoms with Crippen LogP contribution in [0.15, 0.2) is 17.5 Å². The number of nitrogens with one attached hydrogen (secondary N) is 1. The fraction of sp³-hybridized carbons (Fsp3) is 0.765. The zero-order valence-electron chi connectivity index (χ0n) is 12.2. The van der Waals surface area contributed by atoms with Gasteiger partial charge in [0, 0.05) is 17.5 Å². The summed E-state index contributed by atoms with van der Waals surface area (Å²) in [7, 11) is 0. The largest absolute Gasteiger partial charge is 0.308 e. The molecule has 0 amide bonds. The zero-order chi connectivity index (χ0) is 13.1. The Balaban J connectivity index is 1.65. The highest BCUT2D eigenvalue weighted by Gasteiger charge is 2.36. The first-order valence-corrected chi connectivity index (χ1v) is 8.98. The Kier molecular flexibility index (Phi) is 4.28. The van der Waals surface area contributed by atoms with Gasteiger partial charge in [0.25, 0.3) is 0 Å². The average Bonchev–Trinajstić information content (AvgIpc) is 3.05. The van der Waals surface area contributed by atoms with Crippen molar-refractivity contribution < 1.29 is 0 Å². The molecule has 0 radical (unpaired) electrons. The molecule has 1 nitrogen and oxygen atoms in total. The summed E-state index contributed by atoms with van der Waals surface area (Å²) < 4.78 is 0. The van der Waals surface area contributed by atoms with Gasteiger partial charge in [-0.3, -0.25) is 0 Å². The van der Waals surface area contributed by atoms with E-state index in [1.807, 2.05) is 11.3 Å². The van der Waals surface area contributed by atoms with Gasteiger partial charge < -0.3 is 5.32 Å². The molecule has 1 heterocycles. The van der Waals surface area contributed by atoms with Crippen molar-refractivity contribution in [3.8, 4) is 0 Å². The first-order chi connectivity index (χ1) is 9.33. The van der Waals surface area contributed by atoms with E-state index in [-0.39, 0.29) is 0 Å². The summed E-state index contributed by atoms with van der Waals surface area (Å²) >= 11 is 1.94. The third-order valence-electron chi connectivity index (χ3n) is 5.58. The van der Waals surface area contributed by atoms with Crippen molar-refractivity contribution in [2.24, 2.45) is 11.3 Å². The van der Waals surface area contributed by atoms with Gasteiger partial charge in [-0.05, 0) is 54.9 Å². The van der Waals surface area contributed by atoms with Gasteiger partial charge in [0.1, 0.15) is 0 Å². The van der Waals surface area contributed by atoms with Crippen LogP contribution in [0.25, 0.3) is 0 Å². The van der Waals surface area contributed by atoms with Crippen LogP contribution in [0.2, 0.25) is 0 Å². The molecular formula is C17H27NS. The smallest absolute Gasteiger partial charge is 0.0443 e. The van der Waals surface area contributed by atoms with Gasteiger partial charge >= 0.3 is 0 Å². The van der Waals surface area contributed by atoms with Crippen LogP contribution in [0.4, 0.5) is 0 Å². The van der Waals surface area contributed by atoms with E-state index in [1.165, 1.54) is 57.9 Å². The molecular weight excluding hydrogens is 250 g/mol. The minimum Gasteiger partial charge on any atom is -0.308 e. The first-order valence-electron chi connectivity index (χ1n) is 8.10. The van der Waals surface area contributed by atoms with E-state index in [4.69, 9.17) is 0 Å². The molecule has 0 aliphatic heterocycles. The van der Waals surface area contributed by atoms with Crippen molar-refractivity contribution >= 4 is 11.3 Å². The number of thiophene rings is 1. The van der Waals surface area contributed by atoms with Crippen molar-refractivity contribution in [2.45, 2.75) is 64.3 Å². The van der Waals surface area contributed by atoms with Crippen molar-refractivity contribution in [3.63, 3.8) is 0 Å². The van der Waals surface area contributed by atoms with Gasteiger partial charge in [0.2, 0.25) is 0 Å². The van der Waals surface area contributed by atoms with Crippen LogP contribution in [0.1, 0.15) is 69.2 Å². The average molecular weight is 277 g/mol. The van der Waals surface area contributed by atoms with Crippen molar-refractivity contribution in [1.29, 1.82) is 0 Å². The maximum absolute atomic E-state index is 3.97. The lowest BCUT2D eigenvalue weighted by molar-refractivity contribution is 0.114. The fourth-order valence-corrected chi connectivity index (χ4v) is 4.81. The summed E-state index contributed by atoms with van der Waals surface area (Å²) in [6, 6.07) is 5.18. The Morgan fingerprint density at radius 2 is 2.11 bits per heavy atom. The molecule has 2 heteroatoms. The van der Waals surface area contributed by atoms with Crippen molar-refractivity contribution in [2.75, 3.05) is 6.54 Å². The lowest BCUT2D eigenvalue weighted by Gasteiger charge is -2.43. The second-order valence-electron chi connectivity index (χ2n) is 6.63. The van der Waals surface area contributed by atoms with Gasteiger partial charge in [-0.15, -0.1) is 11.3 Å². The van der Waals surface area contributed by atoms with Crippen LogP contribution in [0.3, 0.4) is 0 Å². The lowest BCUT2D eigenvalue weighted by Crippen LogP contribution is -2.42. The molecule has 3 rings (SSSR count). The van der Waals surface area contributed by atoms with Gasteiger partial charge in [-0.25, -0.2) is 0 Å². The molecule has 1 aromatic rings. The summed E-state index contributed by atoms with van der Waals surface area (Å²) in [6.07, 6.45) is 11.4. The lowest BCUT2D eigenvalue weighted by atomic mass is 9.67. The van der Waals surface area contributed by atoms with E-state index in [9.17, 15) is 0 Å². The summed E-state index contributed by atoms with van der Waals surface area (Å²) in [4.78, 5) is 1.57. The summed E-state index contributed by atoms with van der Waals surface area (Å²) in [5.41, 5.74) is 0.633. The fourth-order valence-electron chi connectivity index (χ4n) is 3.92. The standard InChI is InChI=1S/C17H27NS/c1-2-17(10-6-11-17)13-18-16(14-7-3-4-8-14)15-9-5-12-19-15/h5,9,12,14,16,18H,2-4,6-8,10-11,13H2,1H3. The summed E-state index contributed by atoms with van der Waals surface area (Å²) in [5, 5.41) is 6.20. The molecule has 1 atom stereocenters. The summed E-state index contributed by atoms with van der Waals surface area (Å²) in [6.45, 7) is 3.61. The molecule has 2 aliphatic rings. The minimum atomic E-state index is 0.631. The minimum absolute atomic E-state index is 0.631. The SMILES string of the molecule is CCC1(CNC(c2cccs2)C2CCCC2)CCC1. The van der Waals surface area contributed by atoms with Gasteiger partial charge in [0.15, 0.2) is 0 Å². The second-order valence-corrected chi connectivity index (χ2v) is 7.60. The number of hydrogen-bond acceptors (Lipinski definition) is 2.